The molecule has 0 aliphatic heterocycles. The maximum absolute atomic E-state index is 10.4. The van der Waals surface area contributed by atoms with Gasteiger partial charge in [-0.3, -0.25) is 0 Å². The van der Waals surface area contributed by atoms with Crippen molar-refractivity contribution in [3.05, 3.63) is 589 Å². The van der Waals surface area contributed by atoms with E-state index in [0.717, 1.165) is 121 Å². The highest BCUT2D eigenvalue weighted by molar-refractivity contribution is 7.21. The smallest absolute Gasteiger partial charge is 0.211 e. The molecular weight excluding hydrogens is 1870 g/mol. The van der Waals surface area contributed by atoms with E-state index in [1.54, 1.807) is 12.1 Å². The molecule has 15 heteroatoms. The fourth-order valence-electron chi connectivity index (χ4n) is 22.4. The SMILES string of the molecule is [C-]#[N+]c1cc(C#N)c(-c2ccc([Si](c3ccccc3)(c3ccccc3)c3ccccc3)cc2)cc1-n1c2ccccc2c2cc(C#N)ccc21.[C-]#[N+]c1ccc([Si](c2ccccc2)(c2ccccc2)c2ccccc2)c(-c2ccc(-n3c4ccccc4c4cc(C#N)ccc43)cc2[N+]#[C-])c1.[C-]#[N+]c1ccc([Si](c2ccccc2)(c2ccccc2)c2ccccc2)cc1-c1ccc(-n2c3ccccc3c3cc(C#N)ccc32)c([N+]#[C-])c1. The van der Waals surface area contributed by atoms with Crippen molar-refractivity contribution in [2.75, 3.05) is 0 Å². The van der Waals surface area contributed by atoms with Gasteiger partial charge in [-0.05, 0) is 205 Å². The number of benzene rings is 21. The van der Waals surface area contributed by atoms with Crippen LogP contribution in [0, 0.1) is 78.2 Å². The molecule has 0 radical (unpaired) electrons. The third-order valence-electron chi connectivity index (χ3n) is 28.9. The zero-order chi connectivity index (χ0) is 102. The predicted octanol–water partition coefficient (Wildman–Crippen LogP) is 25.7. The van der Waals surface area contributed by atoms with Gasteiger partial charge in [0.05, 0.1) is 118 Å². The average molecular weight is 1960 g/mol. The van der Waals surface area contributed by atoms with Crippen molar-refractivity contribution >= 4 is 180 Å². The number of hydrogen-bond donors (Lipinski definition) is 0. The van der Waals surface area contributed by atoms with Crippen molar-refractivity contribution in [2.24, 2.45) is 0 Å². The molecule has 150 heavy (non-hydrogen) atoms. The Morgan fingerprint density at radius 2 is 0.533 bits per heavy atom. The number of para-hydroxylation sites is 3. The number of fused-ring (bicyclic) bond motifs is 9. The monoisotopic (exact) mass is 1960 g/mol. The van der Waals surface area contributed by atoms with Crippen LogP contribution in [-0.4, -0.2) is 37.9 Å². The first-order chi connectivity index (χ1) is 74.0. The Bertz CT molecular complexity index is 9510. The number of hydrogen-bond acceptors (Lipinski definition) is 4. The Morgan fingerprint density at radius 1 is 0.193 bits per heavy atom. The van der Waals surface area contributed by atoms with E-state index < -0.39 is 24.2 Å². The van der Waals surface area contributed by atoms with Gasteiger partial charge in [0.15, 0.2) is 41.3 Å². The zero-order valence-corrected chi connectivity index (χ0v) is 83.9. The maximum Gasteiger partial charge on any atom is 0.211 e. The minimum atomic E-state index is -2.98. The van der Waals surface area contributed by atoms with Crippen LogP contribution in [0.2, 0.25) is 0 Å². The van der Waals surface area contributed by atoms with Crippen LogP contribution < -0.4 is 62.2 Å². The van der Waals surface area contributed by atoms with Gasteiger partial charge in [0, 0.05) is 43.6 Å². The molecule has 24 rings (SSSR count). The summed E-state index contributed by atoms with van der Waals surface area (Å²) in [5.74, 6) is 0. The molecule has 0 unspecified atom stereocenters. The predicted molar refractivity (Wildman–Crippen MR) is 620 cm³/mol. The van der Waals surface area contributed by atoms with Crippen LogP contribution in [-0.2, 0) is 0 Å². The molecule has 696 valence electrons. The highest BCUT2D eigenvalue weighted by Crippen LogP contribution is 2.45. The summed E-state index contributed by atoms with van der Waals surface area (Å²) in [6, 6.07) is 184. The number of aromatic nitrogens is 3. The van der Waals surface area contributed by atoms with Crippen LogP contribution in [0.5, 0.6) is 0 Å². The third kappa shape index (κ3) is 16.4. The number of nitriles is 4. The molecule has 12 nitrogen and oxygen atoms in total. The third-order valence-corrected chi connectivity index (χ3v) is 43.3. The highest BCUT2D eigenvalue weighted by atomic mass is 28.3. The highest BCUT2D eigenvalue weighted by Gasteiger charge is 2.46. The van der Waals surface area contributed by atoms with Crippen molar-refractivity contribution in [2.45, 2.75) is 0 Å². The lowest BCUT2D eigenvalue weighted by Gasteiger charge is -2.36. The van der Waals surface area contributed by atoms with E-state index in [1.807, 2.05) is 176 Å². The quantitative estimate of drug-likeness (QED) is 0.0481. The summed E-state index contributed by atoms with van der Waals surface area (Å²) in [5.41, 5.74) is 17.6. The van der Waals surface area contributed by atoms with E-state index in [2.05, 4.69) is 384 Å². The summed E-state index contributed by atoms with van der Waals surface area (Å²) in [6.07, 6.45) is 0. The van der Waals surface area contributed by atoms with E-state index in [1.165, 1.54) is 51.9 Å². The summed E-state index contributed by atoms with van der Waals surface area (Å²) in [5, 5.41) is 60.0. The lowest BCUT2D eigenvalue weighted by atomic mass is 9.98. The molecule has 3 heterocycles. The summed E-state index contributed by atoms with van der Waals surface area (Å²) in [7, 11) is -8.54. The standard InChI is InChI=1S/3C45H28N4Si/c1-47-33-23-27-45(50(35-14-6-3-7-15-35,36-16-8-4-9-17-36)37-18-10-5-11-19-37)41(29-33)38-25-24-34(30-42(38)48-2)49-43-21-13-12-20-39(43)40-28-32(31-46)22-26-44(40)49;1-47-41-25-24-37(50(34-14-6-3-7-15-34,35-16-8-4-9-17-35)36-18-10-5-11-19-36)30-39(41)33-23-27-45(42(29-33)48-2)49-43-21-13-12-20-38(43)40-28-32(31-46)22-26-44(40)49;1-48-42-28-34(31-47)40(29-45(42)49-43-20-12-11-19-39(43)41-27-32(30-46)21-26-44(41)49)33-22-24-38(25-23-33)50(35-13-5-2-6-14-35,36-15-7-3-8-16-36)37-17-9-4-10-18-37/h2*3-30H;2-29H. The summed E-state index contributed by atoms with van der Waals surface area (Å²) in [6.45, 7) is 41.1. The Balaban J connectivity index is 0.000000127. The first-order valence-electron chi connectivity index (χ1n) is 49.0. The molecule has 0 fully saturated rings. The molecule has 0 N–H and O–H groups in total. The Morgan fingerprint density at radius 3 is 0.927 bits per heavy atom. The molecule has 21 aromatic carbocycles. The van der Waals surface area contributed by atoms with E-state index in [0.29, 0.717) is 56.4 Å². The normalized spacial score (nSPS) is 11.1. The molecule has 24 aromatic rings. The second-order valence-electron chi connectivity index (χ2n) is 36.6. The fraction of sp³-hybridized carbons (Fsp3) is 0. The van der Waals surface area contributed by atoms with E-state index in [4.69, 9.17) is 32.9 Å². The molecule has 0 spiro atoms. The van der Waals surface area contributed by atoms with E-state index >= 15 is 0 Å². The fourth-order valence-corrected chi connectivity index (χ4v) is 36.8. The molecule has 0 amide bonds. The molecule has 0 saturated carbocycles. The topological polar surface area (TPSA) is 132 Å². The van der Waals surface area contributed by atoms with Crippen LogP contribution in [0.1, 0.15) is 22.3 Å². The minimum absolute atomic E-state index is 0.387. The first kappa shape index (κ1) is 94.0. The van der Waals surface area contributed by atoms with Crippen molar-refractivity contribution in [1.29, 1.82) is 21.0 Å². The second-order valence-corrected chi connectivity index (χ2v) is 48.0. The van der Waals surface area contributed by atoms with E-state index in [-0.39, 0.29) is 0 Å². The van der Waals surface area contributed by atoms with Crippen LogP contribution >= 0.6 is 0 Å². The van der Waals surface area contributed by atoms with Gasteiger partial charge in [0.2, 0.25) is 11.4 Å². The lowest BCUT2D eigenvalue weighted by molar-refractivity contribution is 1.18. The molecule has 0 aliphatic carbocycles. The van der Waals surface area contributed by atoms with Crippen LogP contribution in [0.3, 0.4) is 0 Å². The van der Waals surface area contributed by atoms with Crippen LogP contribution in [0.15, 0.2) is 510 Å². The molecule has 0 bridgehead atoms. The summed E-state index contributed by atoms with van der Waals surface area (Å²) in [4.78, 5) is 19.9. The van der Waals surface area contributed by atoms with Gasteiger partial charge in [-0.25, -0.2) is 24.2 Å². The summed E-state index contributed by atoms with van der Waals surface area (Å²) >= 11 is 0. The second kappa shape index (κ2) is 40.8. The zero-order valence-electron chi connectivity index (χ0n) is 80.9. The maximum atomic E-state index is 10.4. The molecule has 0 saturated heterocycles. The van der Waals surface area contributed by atoms with Gasteiger partial charge < -0.3 is 13.7 Å². The van der Waals surface area contributed by atoms with E-state index in [9.17, 15) is 21.0 Å². The molecular formula is C135H84N12Si3. The van der Waals surface area contributed by atoms with Gasteiger partial charge >= 0.3 is 0 Å². The van der Waals surface area contributed by atoms with Gasteiger partial charge in [-0.2, -0.15) is 21.0 Å². The van der Waals surface area contributed by atoms with Crippen molar-refractivity contribution in [3.8, 4) is 74.7 Å². The Hall–Kier alpha value is -20.9. The molecule has 0 atom stereocenters. The Labute approximate surface area is 872 Å². The number of rotatable bonds is 18. The van der Waals surface area contributed by atoms with Gasteiger partial charge in [-0.1, -0.05) is 400 Å². The van der Waals surface area contributed by atoms with Crippen molar-refractivity contribution in [1.82, 2.24) is 13.7 Å². The van der Waals surface area contributed by atoms with Crippen molar-refractivity contribution in [3.63, 3.8) is 0 Å². The summed E-state index contributed by atoms with van der Waals surface area (Å²) < 4.78 is 6.35. The largest absolute Gasteiger partial charge is 0.319 e. The number of nitrogens with zero attached hydrogens (tertiary/aromatic N) is 12. The molecule has 3 aromatic heterocycles. The van der Waals surface area contributed by atoms with Crippen molar-refractivity contribution < 1.29 is 0 Å². The van der Waals surface area contributed by atoms with Gasteiger partial charge in [-0.15, -0.1) is 0 Å². The first-order valence-corrected chi connectivity index (χ1v) is 55.0. The molecule has 0 aliphatic rings. The van der Waals surface area contributed by atoms with Gasteiger partial charge in [0.25, 0.3) is 0 Å². The Kier molecular flexibility index (Phi) is 25.6. The van der Waals surface area contributed by atoms with Crippen LogP contribution in [0.4, 0.5) is 28.4 Å². The van der Waals surface area contributed by atoms with Gasteiger partial charge in [0.1, 0.15) is 0 Å². The average Bonchev–Trinajstić information content (AvgIpc) is 1.10. The van der Waals surface area contributed by atoms with Crippen LogP contribution in [0.25, 0.3) is 140 Å². The lowest BCUT2D eigenvalue weighted by Crippen LogP contribution is -2.75. The minimum Gasteiger partial charge on any atom is -0.319 e.